The quantitative estimate of drug-likeness (QED) is 0.112. The number of hydrogen-bond acceptors (Lipinski definition) is 9. The molecule has 15 nitrogen and oxygen atoms in total. The Balaban J connectivity index is 0.918. The van der Waals surface area contributed by atoms with E-state index in [1.807, 2.05) is 12.1 Å². The lowest BCUT2D eigenvalue weighted by Gasteiger charge is -2.33. The number of benzene rings is 2. The zero-order chi connectivity index (χ0) is 46.2. The molecule has 0 aliphatic carbocycles. The third-order valence-electron chi connectivity index (χ3n) is 11.3. The Morgan fingerprint density at radius 2 is 1.05 bits per heavy atom. The lowest BCUT2D eigenvalue weighted by atomic mass is 9.96. The van der Waals surface area contributed by atoms with Crippen LogP contribution in [0.1, 0.15) is 58.6 Å². The molecule has 6 heterocycles. The summed E-state index contributed by atoms with van der Waals surface area (Å²) in [5, 5.41) is 27.2. The lowest BCUT2D eigenvalue weighted by molar-refractivity contribution is -0.138. The summed E-state index contributed by atoms with van der Waals surface area (Å²) in [6, 6.07) is 14.7. The van der Waals surface area contributed by atoms with Gasteiger partial charge in [-0.25, -0.2) is 19.6 Å². The number of amides is 6. The Morgan fingerprint density at radius 3 is 1.40 bits per heavy atom. The van der Waals surface area contributed by atoms with Gasteiger partial charge < -0.3 is 25.8 Å². The van der Waals surface area contributed by atoms with Crippen LogP contribution in [0.3, 0.4) is 0 Å². The third kappa shape index (κ3) is 8.65. The van der Waals surface area contributed by atoms with Gasteiger partial charge in [-0.1, -0.05) is 24.3 Å². The maximum atomic E-state index is 14.0. The molecular weight excluding hydrogens is 861 g/mol. The van der Waals surface area contributed by atoms with Gasteiger partial charge in [0.1, 0.15) is 23.5 Å². The van der Waals surface area contributed by atoms with E-state index < -0.39 is 59.4 Å². The molecule has 0 unspecified atom stereocenters. The van der Waals surface area contributed by atoms with Gasteiger partial charge in [-0.05, 0) is 85.6 Å². The molecule has 8 rings (SSSR count). The Hall–Kier alpha value is -7.78. The average molecular weight is 896 g/mol. The van der Waals surface area contributed by atoms with E-state index in [2.05, 4.69) is 25.9 Å². The molecule has 0 spiro atoms. The van der Waals surface area contributed by atoms with Crippen molar-refractivity contribution in [2.24, 2.45) is 0 Å². The SMILES string of the molecule is N#Cc1ccc([C@H]2NC(=O)N(c3cccc(C(F)(F)F)c3)C3=C2C(=O)N(CCCNCCCN2CC4=C(C2=O)[C@@H](c2ccc(C#N)nc2)NC(=O)N4c2cccc(C(F)(F)F)c2)C3)cn1. The Kier molecular flexibility index (Phi) is 11.7. The molecule has 3 N–H and O–H groups in total. The van der Waals surface area contributed by atoms with E-state index in [4.69, 9.17) is 0 Å². The molecule has 0 fully saturated rings. The number of nitrogens with one attached hydrogen (secondary N) is 3. The van der Waals surface area contributed by atoms with E-state index in [1.54, 1.807) is 0 Å². The minimum absolute atomic E-state index is 0.0822. The van der Waals surface area contributed by atoms with Crippen molar-refractivity contribution in [3.8, 4) is 12.1 Å². The molecular formula is C44H35F6N11O4. The van der Waals surface area contributed by atoms with Crippen LogP contribution >= 0.6 is 0 Å². The molecule has 0 saturated carbocycles. The monoisotopic (exact) mass is 895 g/mol. The molecule has 4 aliphatic heterocycles. The minimum Gasteiger partial charge on any atom is -0.333 e. The van der Waals surface area contributed by atoms with Crippen LogP contribution in [0, 0.1) is 22.7 Å². The zero-order valence-corrected chi connectivity index (χ0v) is 33.9. The van der Waals surface area contributed by atoms with E-state index in [-0.39, 0.29) is 71.5 Å². The van der Waals surface area contributed by atoms with Gasteiger partial charge >= 0.3 is 24.4 Å². The highest BCUT2D eigenvalue weighted by Crippen LogP contribution is 2.42. The summed E-state index contributed by atoms with van der Waals surface area (Å²) in [5.41, 5.74) is -0.431. The summed E-state index contributed by atoms with van der Waals surface area (Å²) >= 11 is 0. The number of carbonyl (C=O) groups excluding carboxylic acids is 4. The minimum atomic E-state index is -4.69. The smallest absolute Gasteiger partial charge is 0.333 e. The number of urea groups is 2. The van der Waals surface area contributed by atoms with Crippen molar-refractivity contribution in [1.82, 2.24) is 35.7 Å². The molecule has 0 bridgehead atoms. The van der Waals surface area contributed by atoms with Crippen LogP contribution < -0.4 is 25.8 Å². The number of halogens is 6. The van der Waals surface area contributed by atoms with Gasteiger partial charge in [0.2, 0.25) is 0 Å². The van der Waals surface area contributed by atoms with Crippen molar-refractivity contribution in [2.75, 3.05) is 49.1 Å². The second kappa shape index (κ2) is 17.4. The van der Waals surface area contributed by atoms with Crippen LogP contribution in [0.25, 0.3) is 0 Å². The number of carbonyl (C=O) groups is 4. The molecule has 21 heteroatoms. The Bertz CT molecular complexity index is 2540. The van der Waals surface area contributed by atoms with Gasteiger partial charge in [0, 0.05) is 25.5 Å². The molecule has 332 valence electrons. The van der Waals surface area contributed by atoms with Crippen molar-refractivity contribution in [3.63, 3.8) is 0 Å². The highest BCUT2D eigenvalue weighted by molar-refractivity contribution is 6.08. The molecule has 4 aliphatic rings. The molecule has 0 saturated heterocycles. The summed E-state index contributed by atoms with van der Waals surface area (Å²) in [6.45, 7) is 1.01. The summed E-state index contributed by atoms with van der Waals surface area (Å²) in [5.74, 6) is -0.893. The van der Waals surface area contributed by atoms with Gasteiger partial charge in [0.05, 0.1) is 70.2 Å². The van der Waals surface area contributed by atoms with E-state index in [0.29, 0.717) is 37.1 Å². The average Bonchev–Trinajstić information content (AvgIpc) is 3.79. The normalized spacial score (nSPS) is 18.7. The molecule has 0 radical (unpaired) electrons. The van der Waals surface area contributed by atoms with E-state index >= 15 is 0 Å². The highest BCUT2D eigenvalue weighted by atomic mass is 19.4. The highest BCUT2D eigenvalue weighted by Gasteiger charge is 2.47. The summed E-state index contributed by atoms with van der Waals surface area (Å²) in [6.07, 6.45) is -5.85. The van der Waals surface area contributed by atoms with Crippen molar-refractivity contribution in [2.45, 2.75) is 37.3 Å². The first-order valence-electron chi connectivity index (χ1n) is 20.1. The lowest BCUT2D eigenvalue weighted by Crippen LogP contribution is -2.47. The number of anilines is 2. The maximum absolute atomic E-state index is 14.0. The first-order valence-corrected chi connectivity index (χ1v) is 20.1. The largest absolute Gasteiger partial charge is 0.416 e. The number of nitriles is 2. The van der Waals surface area contributed by atoms with Gasteiger partial charge in [-0.2, -0.15) is 36.9 Å². The predicted molar refractivity (Wildman–Crippen MR) is 218 cm³/mol. The van der Waals surface area contributed by atoms with E-state index in [1.165, 1.54) is 70.7 Å². The number of pyridine rings is 2. The van der Waals surface area contributed by atoms with Crippen LogP contribution in [-0.4, -0.2) is 82.9 Å². The summed E-state index contributed by atoms with van der Waals surface area (Å²) < 4.78 is 82.2. The van der Waals surface area contributed by atoms with Crippen LogP contribution in [0.2, 0.25) is 0 Å². The topological polar surface area (TPSA) is 191 Å². The van der Waals surface area contributed by atoms with Crippen LogP contribution in [-0.2, 0) is 21.9 Å². The van der Waals surface area contributed by atoms with Crippen LogP contribution in [0.4, 0.5) is 47.3 Å². The number of alkyl halides is 6. The second-order valence-electron chi connectivity index (χ2n) is 15.3. The summed E-state index contributed by atoms with van der Waals surface area (Å²) in [4.78, 5) is 68.5. The number of rotatable bonds is 12. The second-order valence-corrected chi connectivity index (χ2v) is 15.3. The van der Waals surface area contributed by atoms with Crippen LogP contribution in [0.5, 0.6) is 0 Å². The molecule has 65 heavy (non-hydrogen) atoms. The fraction of sp³-hybridized carbons (Fsp3) is 0.273. The van der Waals surface area contributed by atoms with Gasteiger partial charge in [0.25, 0.3) is 11.8 Å². The Morgan fingerprint density at radius 1 is 0.631 bits per heavy atom. The third-order valence-corrected chi connectivity index (χ3v) is 11.3. The fourth-order valence-corrected chi connectivity index (χ4v) is 8.24. The van der Waals surface area contributed by atoms with Gasteiger partial charge in [0.15, 0.2) is 0 Å². The van der Waals surface area contributed by atoms with Crippen molar-refractivity contribution >= 4 is 35.3 Å². The van der Waals surface area contributed by atoms with Crippen molar-refractivity contribution in [1.29, 1.82) is 10.5 Å². The van der Waals surface area contributed by atoms with Gasteiger partial charge in [-0.15, -0.1) is 0 Å². The van der Waals surface area contributed by atoms with Gasteiger partial charge in [-0.3, -0.25) is 19.4 Å². The van der Waals surface area contributed by atoms with Crippen molar-refractivity contribution < 1.29 is 45.5 Å². The van der Waals surface area contributed by atoms with E-state index in [0.717, 1.165) is 34.1 Å². The van der Waals surface area contributed by atoms with Crippen LogP contribution in [0.15, 0.2) is 108 Å². The Labute approximate surface area is 366 Å². The van der Waals surface area contributed by atoms with E-state index in [9.17, 15) is 56.0 Å². The maximum Gasteiger partial charge on any atom is 0.416 e. The molecule has 4 aromatic rings. The number of hydrogen-bond donors (Lipinski definition) is 3. The molecule has 6 amide bonds. The predicted octanol–water partition coefficient (Wildman–Crippen LogP) is 6.06. The summed E-state index contributed by atoms with van der Waals surface area (Å²) in [7, 11) is 0. The first kappa shape index (κ1) is 43.9. The molecule has 2 atom stereocenters. The standard InChI is InChI=1S/C44H35F6N11O4/c45-43(46,47)27-5-1-7-31(17-27)60-33-23-58(39(62)35(33)37(56-41(60)64)25-9-11-29(19-51)54-21-25)15-3-13-53-14-4-16-59-24-34-36(40(59)63)38(26-10-12-30(20-52)55-22-26)57-42(65)61(34)32-8-2-6-28(18-32)44(48,49)50/h1-2,5-12,17-18,21-22,37-38,53H,3-4,13-16,23-24H2,(H,56,64)(H,57,65)/t37-,38-/m1/s1. The van der Waals surface area contributed by atoms with Crippen molar-refractivity contribution in [3.05, 3.63) is 141 Å². The number of aromatic nitrogens is 2. The fourth-order valence-electron chi connectivity index (χ4n) is 8.24. The zero-order valence-electron chi connectivity index (χ0n) is 33.9. The number of nitrogens with zero attached hydrogens (tertiary/aromatic N) is 8. The molecule has 2 aromatic heterocycles. The first-order chi connectivity index (χ1) is 31.1. The molecule has 2 aromatic carbocycles.